The molecule has 0 N–H and O–H groups in total. The zero-order valence-corrected chi connectivity index (χ0v) is 22.3. The van der Waals surface area contributed by atoms with E-state index < -0.39 is 0 Å². The Kier molecular flexibility index (Phi) is 4.64. The van der Waals surface area contributed by atoms with E-state index in [1.807, 2.05) is 6.07 Å². The van der Waals surface area contributed by atoms with E-state index in [0.29, 0.717) is 0 Å². The van der Waals surface area contributed by atoms with E-state index in [4.69, 9.17) is 4.98 Å². The number of hydrogen-bond acceptors (Lipinski definition) is 1. The summed E-state index contributed by atoms with van der Waals surface area (Å²) < 4.78 is 2.43. The summed E-state index contributed by atoms with van der Waals surface area (Å²) >= 11 is 0. The van der Waals surface area contributed by atoms with Gasteiger partial charge in [-0.15, -0.1) is 0 Å². The molecule has 0 aliphatic heterocycles. The fourth-order valence-electron chi connectivity index (χ4n) is 6.78. The molecule has 0 amide bonds. The van der Waals surface area contributed by atoms with Crippen molar-refractivity contribution in [1.82, 2.24) is 9.55 Å². The Hall–Kier alpha value is -5.47. The Bertz CT molecular complexity index is 2310. The van der Waals surface area contributed by atoms with Crippen molar-refractivity contribution in [1.29, 1.82) is 0 Å². The van der Waals surface area contributed by atoms with Crippen LogP contribution in [0.3, 0.4) is 0 Å². The molecule has 6 aromatic carbocycles. The maximum Gasteiger partial charge on any atom is 0.0710 e. The molecule has 0 unspecified atom stereocenters. The van der Waals surface area contributed by atoms with E-state index in [2.05, 4.69) is 144 Å². The Morgan fingerprint density at radius 1 is 0.390 bits per heavy atom. The molecule has 9 rings (SSSR count). The van der Waals surface area contributed by atoms with E-state index >= 15 is 0 Å². The van der Waals surface area contributed by atoms with Gasteiger partial charge in [0.2, 0.25) is 0 Å². The van der Waals surface area contributed by atoms with Gasteiger partial charge in [-0.05, 0) is 69.4 Å². The monoisotopic (exact) mass is 520 g/mol. The Morgan fingerprint density at radius 3 is 1.83 bits per heavy atom. The summed E-state index contributed by atoms with van der Waals surface area (Å²) in [5, 5.41) is 5.25. The second-order valence-corrected chi connectivity index (χ2v) is 10.8. The molecule has 8 aromatic rings. The van der Waals surface area contributed by atoms with Crippen LogP contribution in [0.2, 0.25) is 0 Å². The number of pyridine rings is 1. The molecular formula is C39H24N2. The minimum atomic E-state index is 0.970. The summed E-state index contributed by atoms with van der Waals surface area (Å²) in [5.41, 5.74) is 12.9. The molecule has 1 aliphatic carbocycles. The molecule has 0 spiro atoms. The van der Waals surface area contributed by atoms with Crippen LogP contribution < -0.4 is 0 Å². The lowest BCUT2D eigenvalue weighted by Gasteiger charge is -2.14. The van der Waals surface area contributed by atoms with Crippen molar-refractivity contribution in [2.24, 2.45) is 0 Å². The normalized spacial score (nSPS) is 11.9. The summed E-state index contributed by atoms with van der Waals surface area (Å²) in [4.78, 5) is 5.05. The van der Waals surface area contributed by atoms with E-state index in [9.17, 15) is 0 Å². The third-order valence-electron chi connectivity index (χ3n) is 8.52. The van der Waals surface area contributed by atoms with E-state index in [0.717, 1.165) is 28.2 Å². The average Bonchev–Trinajstić information content (AvgIpc) is 3.33. The van der Waals surface area contributed by atoms with Crippen LogP contribution in [-0.2, 0) is 0 Å². The van der Waals surface area contributed by atoms with Crippen molar-refractivity contribution >= 4 is 32.6 Å². The lowest BCUT2D eigenvalue weighted by Crippen LogP contribution is -1.96. The maximum absolute atomic E-state index is 5.05. The van der Waals surface area contributed by atoms with Gasteiger partial charge in [0.1, 0.15) is 0 Å². The molecule has 0 atom stereocenters. The van der Waals surface area contributed by atoms with E-state index in [1.54, 1.807) is 0 Å². The molecule has 2 heterocycles. The number of nitrogens with zero attached hydrogens (tertiary/aromatic N) is 2. The largest absolute Gasteiger partial charge is 0.309 e. The average molecular weight is 521 g/mol. The van der Waals surface area contributed by atoms with Gasteiger partial charge in [-0.2, -0.15) is 0 Å². The molecule has 2 aromatic heterocycles. The second-order valence-electron chi connectivity index (χ2n) is 10.8. The first-order valence-corrected chi connectivity index (χ1v) is 14.1. The minimum Gasteiger partial charge on any atom is -0.309 e. The molecule has 1 aliphatic rings. The highest BCUT2D eigenvalue weighted by molar-refractivity contribution is 6.30. The summed E-state index contributed by atoms with van der Waals surface area (Å²) in [6.07, 6.45) is 0. The van der Waals surface area contributed by atoms with Gasteiger partial charge in [0.05, 0.1) is 22.4 Å². The van der Waals surface area contributed by atoms with Crippen LogP contribution in [0.25, 0.3) is 83.0 Å². The highest BCUT2D eigenvalue weighted by atomic mass is 15.0. The Labute approximate surface area is 237 Å². The molecule has 190 valence electrons. The fourth-order valence-corrected chi connectivity index (χ4v) is 6.78. The number of benzene rings is 6. The smallest absolute Gasteiger partial charge is 0.0710 e. The van der Waals surface area contributed by atoms with E-state index in [-0.39, 0.29) is 0 Å². The summed E-state index contributed by atoms with van der Waals surface area (Å²) in [5.74, 6) is 0. The highest BCUT2D eigenvalue weighted by Gasteiger charge is 2.24. The van der Waals surface area contributed by atoms with Crippen LogP contribution in [0.5, 0.6) is 0 Å². The van der Waals surface area contributed by atoms with Gasteiger partial charge >= 0.3 is 0 Å². The van der Waals surface area contributed by atoms with E-state index in [1.165, 1.54) is 54.8 Å². The summed E-state index contributed by atoms with van der Waals surface area (Å²) in [6.45, 7) is 0. The second kappa shape index (κ2) is 8.51. The predicted octanol–water partition coefficient (Wildman–Crippen LogP) is 10.3. The molecule has 0 bridgehead atoms. The molecule has 0 radical (unpaired) electrons. The number of fused-ring (bicyclic) bond motifs is 3. The number of hydrogen-bond donors (Lipinski definition) is 0. The van der Waals surface area contributed by atoms with Crippen LogP contribution >= 0.6 is 0 Å². The first-order valence-electron chi connectivity index (χ1n) is 14.1. The van der Waals surface area contributed by atoms with Crippen molar-refractivity contribution in [2.75, 3.05) is 0 Å². The van der Waals surface area contributed by atoms with Crippen molar-refractivity contribution in [3.8, 4) is 50.5 Å². The highest BCUT2D eigenvalue weighted by Crippen LogP contribution is 2.49. The van der Waals surface area contributed by atoms with Crippen LogP contribution in [0.4, 0.5) is 0 Å². The van der Waals surface area contributed by atoms with Gasteiger partial charge in [0.15, 0.2) is 0 Å². The predicted molar refractivity (Wildman–Crippen MR) is 171 cm³/mol. The fraction of sp³-hybridized carbons (Fsp3) is 0. The number of rotatable bonds is 3. The minimum absolute atomic E-state index is 0.970. The molecule has 41 heavy (non-hydrogen) atoms. The molecular weight excluding hydrogens is 496 g/mol. The van der Waals surface area contributed by atoms with Gasteiger partial charge in [0, 0.05) is 27.6 Å². The summed E-state index contributed by atoms with van der Waals surface area (Å²) in [7, 11) is 0. The third kappa shape index (κ3) is 3.22. The van der Waals surface area contributed by atoms with Crippen LogP contribution in [0.1, 0.15) is 0 Å². The van der Waals surface area contributed by atoms with Crippen LogP contribution in [0.15, 0.2) is 146 Å². The molecule has 0 saturated carbocycles. The third-order valence-corrected chi connectivity index (χ3v) is 8.52. The number of aromatic nitrogens is 2. The van der Waals surface area contributed by atoms with Gasteiger partial charge in [-0.1, -0.05) is 109 Å². The lowest BCUT2D eigenvalue weighted by molar-refractivity contribution is 1.18. The zero-order valence-electron chi connectivity index (χ0n) is 22.3. The van der Waals surface area contributed by atoms with Crippen LogP contribution in [-0.4, -0.2) is 9.55 Å². The molecule has 0 saturated heterocycles. The van der Waals surface area contributed by atoms with Crippen molar-refractivity contribution < 1.29 is 0 Å². The van der Waals surface area contributed by atoms with Gasteiger partial charge in [-0.25, -0.2) is 4.98 Å². The first-order chi connectivity index (χ1) is 20.3. The van der Waals surface area contributed by atoms with Gasteiger partial charge in [0.25, 0.3) is 0 Å². The SMILES string of the molecule is c1ccc(-c2cccc(-c3cccc(-n4c5cccc6c5c5c7c(cccc7ccc54)-c4ccccc4-6)c3)n2)cc1. The Morgan fingerprint density at radius 2 is 1.00 bits per heavy atom. The lowest BCUT2D eigenvalue weighted by atomic mass is 9.93. The van der Waals surface area contributed by atoms with Crippen molar-refractivity contribution in [3.63, 3.8) is 0 Å². The summed E-state index contributed by atoms with van der Waals surface area (Å²) in [6, 6.07) is 52.3. The topological polar surface area (TPSA) is 17.8 Å². The van der Waals surface area contributed by atoms with Crippen molar-refractivity contribution in [3.05, 3.63) is 146 Å². The maximum atomic E-state index is 5.05. The molecule has 2 heteroatoms. The quantitative estimate of drug-likeness (QED) is 0.227. The standard InChI is InChI=1S/C39H24N2/c1-2-10-25(11-3-1)33-19-9-20-34(40-33)27-13-6-14-28(24-27)41-35-21-8-18-32-30-16-5-4-15-29(30)31-17-7-12-26-22-23-36(41)39(37(26)31)38(32)35/h1-24H. The van der Waals surface area contributed by atoms with Crippen LogP contribution in [0, 0.1) is 0 Å². The Balaban J connectivity index is 1.33. The molecule has 2 nitrogen and oxygen atoms in total. The first kappa shape index (κ1) is 22.4. The zero-order chi connectivity index (χ0) is 26.9. The van der Waals surface area contributed by atoms with Crippen molar-refractivity contribution in [2.45, 2.75) is 0 Å². The molecule has 0 fully saturated rings. The van der Waals surface area contributed by atoms with Gasteiger partial charge < -0.3 is 4.57 Å². The van der Waals surface area contributed by atoms with Gasteiger partial charge in [-0.3, -0.25) is 0 Å².